The van der Waals surface area contributed by atoms with E-state index in [0.29, 0.717) is 17.2 Å². The molecule has 0 radical (unpaired) electrons. The van der Waals surface area contributed by atoms with Gasteiger partial charge in [0.2, 0.25) is 0 Å². The minimum Gasteiger partial charge on any atom is -0.506 e. The Balaban J connectivity index is 1.89. The van der Waals surface area contributed by atoms with E-state index in [-0.39, 0.29) is 12.4 Å². The molecule has 0 saturated carbocycles. The van der Waals surface area contributed by atoms with Crippen LogP contribution >= 0.6 is 0 Å². The van der Waals surface area contributed by atoms with Crippen LogP contribution in [0.1, 0.15) is 18.2 Å². The molecular formula is C17H19N3O4. The normalized spacial score (nSPS) is 11.0. The van der Waals surface area contributed by atoms with Crippen molar-refractivity contribution in [2.45, 2.75) is 13.5 Å². The van der Waals surface area contributed by atoms with Crippen LogP contribution in [0, 0.1) is 0 Å². The SMILES string of the molecule is CC(=NOCc1ccc(OC(=O)N(C)C)cc1)c1ccc(O)cn1. The molecule has 7 heteroatoms. The summed E-state index contributed by atoms with van der Waals surface area (Å²) in [4.78, 5) is 22.1. The number of benzene rings is 1. The molecule has 0 spiro atoms. The largest absolute Gasteiger partial charge is 0.506 e. The first-order valence-corrected chi connectivity index (χ1v) is 7.25. The zero-order valence-electron chi connectivity index (χ0n) is 13.8. The number of rotatable bonds is 5. The molecule has 1 heterocycles. The molecule has 1 N–H and O–H groups in total. The molecule has 2 aromatic rings. The predicted octanol–water partition coefficient (Wildman–Crippen LogP) is 2.79. The Morgan fingerprint density at radius 1 is 1.21 bits per heavy atom. The summed E-state index contributed by atoms with van der Waals surface area (Å²) in [6, 6.07) is 10.2. The molecule has 2 rings (SSSR count). The second-order valence-corrected chi connectivity index (χ2v) is 5.26. The van der Waals surface area contributed by atoms with E-state index in [0.717, 1.165) is 5.56 Å². The number of ether oxygens (including phenoxy) is 1. The van der Waals surface area contributed by atoms with E-state index in [2.05, 4.69) is 10.1 Å². The summed E-state index contributed by atoms with van der Waals surface area (Å²) in [7, 11) is 3.24. The summed E-state index contributed by atoms with van der Waals surface area (Å²) in [5.74, 6) is 0.563. The molecule has 0 bridgehead atoms. The zero-order valence-corrected chi connectivity index (χ0v) is 13.8. The van der Waals surface area contributed by atoms with E-state index in [9.17, 15) is 9.90 Å². The molecular weight excluding hydrogens is 310 g/mol. The fourth-order valence-corrected chi connectivity index (χ4v) is 1.70. The van der Waals surface area contributed by atoms with Crippen molar-refractivity contribution in [1.29, 1.82) is 0 Å². The maximum absolute atomic E-state index is 11.4. The third-order valence-corrected chi connectivity index (χ3v) is 3.04. The minimum absolute atomic E-state index is 0.0996. The van der Waals surface area contributed by atoms with Crippen LogP contribution in [0.4, 0.5) is 4.79 Å². The molecule has 0 aliphatic heterocycles. The highest BCUT2D eigenvalue weighted by Crippen LogP contribution is 2.14. The van der Waals surface area contributed by atoms with E-state index in [4.69, 9.17) is 9.57 Å². The number of aromatic hydroxyl groups is 1. The van der Waals surface area contributed by atoms with Crippen molar-refractivity contribution >= 4 is 11.8 Å². The van der Waals surface area contributed by atoms with Crippen LogP contribution in [0.25, 0.3) is 0 Å². The van der Waals surface area contributed by atoms with Crippen LogP contribution in [-0.4, -0.2) is 40.9 Å². The lowest BCUT2D eigenvalue weighted by atomic mass is 10.2. The molecule has 0 aliphatic carbocycles. The first-order valence-electron chi connectivity index (χ1n) is 7.25. The summed E-state index contributed by atoms with van der Waals surface area (Å²) in [5.41, 5.74) is 2.11. The van der Waals surface area contributed by atoms with Crippen molar-refractivity contribution in [3.63, 3.8) is 0 Å². The van der Waals surface area contributed by atoms with Gasteiger partial charge in [-0.25, -0.2) is 4.79 Å². The number of amides is 1. The van der Waals surface area contributed by atoms with Crippen LogP contribution in [0.3, 0.4) is 0 Å². The fraction of sp³-hybridized carbons (Fsp3) is 0.235. The first kappa shape index (κ1) is 17.3. The van der Waals surface area contributed by atoms with Gasteiger partial charge in [0.05, 0.1) is 11.9 Å². The molecule has 0 aliphatic rings. The lowest BCUT2D eigenvalue weighted by Crippen LogP contribution is -2.25. The van der Waals surface area contributed by atoms with Crippen molar-refractivity contribution in [2.24, 2.45) is 5.16 Å². The molecule has 1 aromatic heterocycles. The molecule has 24 heavy (non-hydrogen) atoms. The number of hydrogen-bond acceptors (Lipinski definition) is 6. The van der Waals surface area contributed by atoms with Crippen LogP contribution in [0.15, 0.2) is 47.8 Å². The minimum atomic E-state index is -0.430. The van der Waals surface area contributed by atoms with E-state index in [1.54, 1.807) is 51.4 Å². The quantitative estimate of drug-likeness (QED) is 0.673. The van der Waals surface area contributed by atoms with Gasteiger partial charge in [-0.1, -0.05) is 17.3 Å². The maximum atomic E-state index is 11.4. The van der Waals surface area contributed by atoms with Crippen LogP contribution < -0.4 is 4.74 Å². The standard InChI is InChI=1S/C17H19N3O4/c1-12(16-9-6-14(21)10-18-16)19-23-11-13-4-7-15(8-5-13)24-17(22)20(2)3/h4-10,21H,11H2,1-3H3. The lowest BCUT2D eigenvalue weighted by Gasteiger charge is -2.10. The second-order valence-electron chi connectivity index (χ2n) is 5.26. The average molecular weight is 329 g/mol. The van der Waals surface area contributed by atoms with Gasteiger partial charge in [0.1, 0.15) is 23.8 Å². The van der Waals surface area contributed by atoms with Crippen LogP contribution in [0.2, 0.25) is 0 Å². The topological polar surface area (TPSA) is 84.2 Å². The van der Waals surface area contributed by atoms with Gasteiger partial charge in [0.25, 0.3) is 0 Å². The smallest absolute Gasteiger partial charge is 0.414 e. The zero-order chi connectivity index (χ0) is 17.5. The highest BCUT2D eigenvalue weighted by molar-refractivity contribution is 5.96. The molecule has 7 nitrogen and oxygen atoms in total. The third kappa shape index (κ3) is 4.98. The Hall–Kier alpha value is -3.09. The second kappa shape index (κ2) is 7.96. The molecule has 0 unspecified atom stereocenters. The number of nitrogens with zero attached hydrogens (tertiary/aromatic N) is 3. The van der Waals surface area contributed by atoms with Crippen molar-refractivity contribution in [1.82, 2.24) is 9.88 Å². The van der Waals surface area contributed by atoms with Gasteiger partial charge in [-0.3, -0.25) is 4.98 Å². The van der Waals surface area contributed by atoms with Crippen molar-refractivity contribution in [3.05, 3.63) is 53.9 Å². The average Bonchev–Trinajstić information content (AvgIpc) is 2.56. The molecule has 0 saturated heterocycles. The summed E-state index contributed by atoms with van der Waals surface area (Å²) in [6.07, 6.45) is 0.919. The number of carbonyl (C=O) groups is 1. The number of pyridine rings is 1. The Bertz CT molecular complexity index is 710. The van der Waals surface area contributed by atoms with Crippen molar-refractivity contribution in [2.75, 3.05) is 14.1 Å². The van der Waals surface area contributed by atoms with E-state index in [1.807, 2.05) is 0 Å². The van der Waals surface area contributed by atoms with Crippen LogP contribution in [0.5, 0.6) is 11.5 Å². The highest BCUT2D eigenvalue weighted by Gasteiger charge is 2.06. The Kier molecular flexibility index (Phi) is 5.73. The van der Waals surface area contributed by atoms with Gasteiger partial charge < -0.3 is 19.6 Å². The van der Waals surface area contributed by atoms with Gasteiger partial charge in [-0.2, -0.15) is 0 Å². The van der Waals surface area contributed by atoms with Gasteiger partial charge >= 0.3 is 6.09 Å². The summed E-state index contributed by atoms with van der Waals surface area (Å²) >= 11 is 0. The number of aromatic nitrogens is 1. The van der Waals surface area contributed by atoms with E-state index in [1.165, 1.54) is 17.2 Å². The van der Waals surface area contributed by atoms with Crippen molar-refractivity contribution in [3.8, 4) is 11.5 Å². The van der Waals surface area contributed by atoms with Gasteiger partial charge in [-0.15, -0.1) is 0 Å². The molecule has 1 aromatic carbocycles. The molecule has 126 valence electrons. The van der Waals surface area contributed by atoms with Crippen molar-refractivity contribution < 1.29 is 19.5 Å². The van der Waals surface area contributed by atoms with E-state index >= 15 is 0 Å². The summed E-state index contributed by atoms with van der Waals surface area (Å²) in [6.45, 7) is 2.04. The molecule has 0 atom stereocenters. The summed E-state index contributed by atoms with van der Waals surface area (Å²) < 4.78 is 5.13. The van der Waals surface area contributed by atoms with Gasteiger partial charge in [-0.05, 0) is 36.8 Å². The van der Waals surface area contributed by atoms with Gasteiger partial charge in [0, 0.05) is 14.1 Å². The predicted molar refractivity (Wildman–Crippen MR) is 89.1 cm³/mol. The highest BCUT2D eigenvalue weighted by atomic mass is 16.6. The van der Waals surface area contributed by atoms with E-state index < -0.39 is 6.09 Å². The Morgan fingerprint density at radius 3 is 2.50 bits per heavy atom. The third-order valence-electron chi connectivity index (χ3n) is 3.04. The number of oxime groups is 1. The molecule has 0 fully saturated rings. The number of carbonyl (C=O) groups excluding carboxylic acids is 1. The lowest BCUT2D eigenvalue weighted by molar-refractivity contribution is 0.130. The Labute approximate surface area is 140 Å². The monoisotopic (exact) mass is 329 g/mol. The Morgan fingerprint density at radius 2 is 1.92 bits per heavy atom. The first-order chi connectivity index (χ1) is 11.5. The van der Waals surface area contributed by atoms with Crippen LogP contribution in [-0.2, 0) is 11.4 Å². The summed E-state index contributed by atoms with van der Waals surface area (Å²) in [5, 5.41) is 13.2. The fourth-order valence-electron chi connectivity index (χ4n) is 1.70. The molecule has 1 amide bonds. The maximum Gasteiger partial charge on any atom is 0.414 e. The van der Waals surface area contributed by atoms with Gasteiger partial charge in [0.15, 0.2) is 0 Å². The number of hydrogen-bond donors (Lipinski definition) is 1.